The first-order chi connectivity index (χ1) is 14.3. The average Bonchev–Trinajstić information content (AvgIpc) is 3.04. The quantitative estimate of drug-likeness (QED) is 0.412. The molecule has 0 aromatic rings. The molecule has 9 unspecified atom stereocenters. The highest BCUT2D eigenvalue weighted by atomic mass is 16.1. The first-order valence-corrected chi connectivity index (χ1v) is 13.8. The summed E-state index contributed by atoms with van der Waals surface area (Å²) in [4.78, 5) is 13.7. The molecule has 0 N–H and O–H groups in total. The maximum atomic E-state index is 13.7. The van der Waals surface area contributed by atoms with Crippen LogP contribution >= 0.6 is 0 Å². The van der Waals surface area contributed by atoms with Gasteiger partial charge in [-0.3, -0.25) is 4.79 Å². The molecule has 0 saturated heterocycles. The summed E-state index contributed by atoms with van der Waals surface area (Å²) in [5.74, 6) is 5.31. The molecular weight excluding hydrogens is 376 g/mol. The number of fused-ring (bicyclic) bond motifs is 7. The van der Waals surface area contributed by atoms with Crippen molar-refractivity contribution in [2.45, 2.75) is 120 Å². The predicted molar refractivity (Wildman–Crippen MR) is 130 cm³/mol. The summed E-state index contributed by atoms with van der Waals surface area (Å²) in [7, 11) is 0. The molecule has 5 aliphatic rings. The number of rotatable bonds is 1. The Hall–Kier alpha value is -0.330. The summed E-state index contributed by atoms with van der Waals surface area (Å²) >= 11 is 0. The molecule has 9 atom stereocenters. The van der Waals surface area contributed by atoms with Gasteiger partial charge in [-0.05, 0) is 115 Å². The molecule has 0 aromatic heterocycles. The lowest BCUT2D eigenvalue weighted by Gasteiger charge is -2.72. The molecule has 0 aliphatic heterocycles. The largest absolute Gasteiger partial charge is 0.299 e. The van der Waals surface area contributed by atoms with Crippen molar-refractivity contribution < 1.29 is 4.79 Å². The number of ketones is 1. The predicted octanol–water partition coefficient (Wildman–Crippen LogP) is 8.31. The molecule has 1 heteroatoms. The Bertz CT molecular complexity index is 764. The minimum Gasteiger partial charge on any atom is -0.299 e. The van der Waals surface area contributed by atoms with Gasteiger partial charge in [0.25, 0.3) is 0 Å². The molecule has 0 aromatic carbocycles. The number of carbonyl (C=O) groups is 1. The van der Waals surface area contributed by atoms with Gasteiger partial charge in [0.2, 0.25) is 0 Å². The van der Waals surface area contributed by atoms with Crippen molar-refractivity contribution in [3.05, 3.63) is 0 Å². The normalized spacial score (nSPS) is 55.9. The van der Waals surface area contributed by atoms with Crippen molar-refractivity contribution in [2.75, 3.05) is 0 Å². The van der Waals surface area contributed by atoms with Crippen molar-refractivity contribution in [1.29, 1.82) is 0 Å². The van der Waals surface area contributed by atoms with Gasteiger partial charge in [0.15, 0.2) is 0 Å². The van der Waals surface area contributed by atoms with E-state index in [1.165, 1.54) is 51.4 Å². The minimum atomic E-state index is -0.0867. The van der Waals surface area contributed by atoms with Gasteiger partial charge in [0, 0.05) is 11.8 Å². The lowest BCUT2D eigenvalue weighted by Crippen LogP contribution is -2.67. The van der Waals surface area contributed by atoms with Gasteiger partial charge in [-0.2, -0.15) is 0 Å². The molecule has 0 spiro atoms. The SMILES string of the molecule is CC(C)C1CCC2(C)CCC3(C)C(CCC4C5(C)C(=O)CCC(C)(C)C5CCC43C)C12. The second-order valence-electron chi connectivity index (χ2n) is 15.0. The number of Topliss-reactive ketones (excluding diaryl/α,β-unsaturated/α-hetero) is 1. The molecule has 0 amide bonds. The fourth-order valence-electron chi connectivity index (χ4n) is 11.5. The Morgan fingerprint density at radius 3 is 2.13 bits per heavy atom. The molecule has 5 fully saturated rings. The van der Waals surface area contributed by atoms with Crippen LogP contribution in [-0.4, -0.2) is 5.78 Å². The maximum Gasteiger partial charge on any atom is 0.139 e. The van der Waals surface area contributed by atoms with E-state index in [2.05, 4.69) is 55.4 Å². The number of hydrogen-bond donors (Lipinski definition) is 0. The molecule has 5 rings (SSSR count). The first-order valence-electron chi connectivity index (χ1n) is 13.8. The molecule has 0 radical (unpaired) electrons. The van der Waals surface area contributed by atoms with Crippen molar-refractivity contribution in [2.24, 2.45) is 62.6 Å². The van der Waals surface area contributed by atoms with Crippen LogP contribution in [0.15, 0.2) is 0 Å². The minimum absolute atomic E-state index is 0.0867. The highest BCUT2D eigenvalue weighted by Crippen LogP contribution is 2.77. The Kier molecular flexibility index (Phi) is 4.80. The molecule has 5 aliphatic carbocycles. The van der Waals surface area contributed by atoms with Crippen LogP contribution in [0.1, 0.15) is 120 Å². The lowest BCUT2D eigenvalue weighted by molar-refractivity contribution is -0.231. The molecule has 1 nitrogen and oxygen atoms in total. The van der Waals surface area contributed by atoms with Crippen LogP contribution < -0.4 is 0 Å². The van der Waals surface area contributed by atoms with Crippen molar-refractivity contribution in [1.82, 2.24) is 0 Å². The Labute approximate surface area is 192 Å². The Morgan fingerprint density at radius 1 is 0.742 bits per heavy atom. The van der Waals surface area contributed by atoms with E-state index in [9.17, 15) is 4.79 Å². The molecule has 5 saturated carbocycles. The van der Waals surface area contributed by atoms with E-state index in [-0.39, 0.29) is 5.41 Å². The van der Waals surface area contributed by atoms with E-state index in [1.54, 1.807) is 0 Å². The monoisotopic (exact) mass is 426 g/mol. The smallest absolute Gasteiger partial charge is 0.139 e. The topological polar surface area (TPSA) is 17.1 Å². The van der Waals surface area contributed by atoms with Gasteiger partial charge in [-0.1, -0.05) is 55.4 Å². The van der Waals surface area contributed by atoms with Crippen LogP contribution in [0.2, 0.25) is 0 Å². The molecule has 31 heavy (non-hydrogen) atoms. The van der Waals surface area contributed by atoms with Crippen LogP contribution in [0.4, 0.5) is 0 Å². The highest BCUT2D eigenvalue weighted by Gasteiger charge is 2.71. The number of carbonyl (C=O) groups excluding carboxylic acids is 1. The summed E-state index contributed by atoms with van der Waals surface area (Å²) in [5, 5.41) is 0. The fourth-order valence-corrected chi connectivity index (χ4v) is 11.5. The average molecular weight is 427 g/mol. The van der Waals surface area contributed by atoms with Gasteiger partial charge < -0.3 is 0 Å². The van der Waals surface area contributed by atoms with Crippen LogP contribution in [0, 0.1) is 62.6 Å². The van der Waals surface area contributed by atoms with Gasteiger partial charge in [-0.25, -0.2) is 0 Å². The zero-order valence-corrected chi connectivity index (χ0v) is 21.9. The van der Waals surface area contributed by atoms with Crippen LogP contribution in [0.5, 0.6) is 0 Å². The zero-order chi connectivity index (χ0) is 22.6. The van der Waals surface area contributed by atoms with Gasteiger partial charge in [0.1, 0.15) is 5.78 Å². The summed E-state index contributed by atoms with van der Waals surface area (Å²) in [6.07, 6.45) is 13.0. The van der Waals surface area contributed by atoms with E-state index in [0.717, 1.165) is 36.5 Å². The molecular formula is C30H50O. The second kappa shape index (κ2) is 6.63. The van der Waals surface area contributed by atoms with Gasteiger partial charge >= 0.3 is 0 Å². The van der Waals surface area contributed by atoms with Crippen molar-refractivity contribution in [3.8, 4) is 0 Å². The highest BCUT2D eigenvalue weighted by molar-refractivity contribution is 5.86. The van der Waals surface area contributed by atoms with Crippen LogP contribution in [-0.2, 0) is 4.79 Å². The van der Waals surface area contributed by atoms with E-state index in [0.29, 0.717) is 39.3 Å². The number of hydrogen-bond acceptors (Lipinski definition) is 1. The summed E-state index contributed by atoms with van der Waals surface area (Å²) in [5.41, 5.74) is 1.55. The molecule has 0 bridgehead atoms. The van der Waals surface area contributed by atoms with Crippen molar-refractivity contribution >= 4 is 5.78 Å². The first kappa shape index (κ1) is 22.5. The van der Waals surface area contributed by atoms with Gasteiger partial charge in [0.05, 0.1) is 0 Å². The molecule has 0 heterocycles. The van der Waals surface area contributed by atoms with Gasteiger partial charge in [-0.15, -0.1) is 0 Å². The third-order valence-corrected chi connectivity index (χ3v) is 13.4. The van der Waals surface area contributed by atoms with E-state index >= 15 is 0 Å². The van der Waals surface area contributed by atoms with E-state index in [1.807, 2.05) is 0 Å². The Morgan fingerprint density at radius 2 is 1.45 bits per heavy atom. The standard InChI is InChI=1S/C30H50O/c1-19(2)20-11-15-27(5)17-18-28(6)21(25(20)27)9-10-23-29(28,7)16-12-22-26(3,4)14-13-24(31)30(22,23)8/h19-23,25H,9-18H2,1-8H3. The summed E-state index contributed by atoms with van der Waals surface area (Å²) < 4.78 is 0. The third-order valence-electron chi connectivity index (χ3n) is 13.4. The maximum absolute atomic E-state index is 13.7. The molecule has 176 valence electrons. The summed E-state index contributed by atoms with van der Waals surface area (Å²) in [6.45, 7) is 20.4. The Balaban J connectivity index is 1.57. The third kappa shape index (κ3) is 2.65. The van der Waals surface area contributed by atoms with E-state index in [4.69, 9.17) is 0 Å². The van der Waals surface area contributed by atoms with Crippen LogP contribution in [0.3, 0.4) is 0 Å². The van der Waals surface area contributed by atoms with E-state index < -0.39 is 0 Å². The zero-order valence-electron chi connectivity index (χ0n) is 21.9. The second-order valence-corrected chi connectivity index (χ2v) is 15.0. The van der Waals surface area contributed by atoms with Crippen molar-refractivity contribution in [3.63, 3.8) is 0 Å². The van der Waals surface area contributed by atoms with Crippen LogP contribution in [0.25, 0.3) is 0 Å². The lowest BCUT2D eigenvalue weighted by atomic mass is 9.32. The fraction of sp³-hybridized carbons (Fsp3) is 0.967. The summed E-state index contributed by atoms with van der Waals surface area (Å²) in [6, 6.07) is 0.